The van der Waals surface area contributed by atoms with E-state index in [1.54, 1.807) is 4.90 Å². The Kier molecular flexibility index (Phi) is 8.38. The number of piperidine rings is 2. The minimum absolute atomic E-state index is 0.0521. The van der Waals surface area contributed by atoms with Gasteiger partial charge in [-0.05, 0) is 76.3 Å². The van der Waals surface area contributed by atoms with Crippen LogP contribution in [0, 0.1) is 17.8 Å². The van der Waals surface area contributed by atoms with E-state index in [9.17, 15) is 18.4 Å². The van der Waals surface area contributed by atoms with Gasteiger partial charge in [0.25, 0.3) is 0 Å². The van der Waals surface area contributed by atoms with Gasteiger partial charge >= 0.3 is 0 Å². The fourth-order valence-corrected chi connectivity index (χ4v) is 6.15. The van der Waals surface area contributed by atoms with Crippen LogP contribution in [0.15, 0.2) is 0 Å². The van der Waals surface area contributed by atoms with Crippen molar-refractivity contribution in [2.75, 3.05) is 32.7 Å². The zero-order valence-corrected chi connectivity index (χ0v) is 19.2. The van der Waals surface area contributed by atoms with Gasteiger partial charge in [0.05, 0.1) is 6.04 Å². The van der Waals surface area contributed by atoms with E-state index in [-0.39, 0.29) is 17.9 Å². The average molecular weight is 455 g/mol. The van der Waals surface area contributed by atoms with Gasteiger partial charge < -0.3 is 20.9 Å². The number of nitrogens with one attached hydrogen (secondary N) is 3. The average Bonchev–Trinajstić information content (AvgIpc) is 3.23. The number of carbonyl (C=O) groups excluding carboxylic acids is 2. The lowest BCUT2D eigenvalue weighted by Crippen LogP contribution is -2.48. The summed E-state index contributed by atoms with van der Waals surface area (Å²) in [7, 11) is 0. The van der Waals surface area contributed by atoms with Crippen LogP contribution in [0.5, 0.6) is 0 Å². The Morgan fingerprint density at radius 3 is 2.47 bits per heavy atom. The molecule has 3 N–H and O–H groups in total. The summed E-state index contributed by atoms with van der Waals surface area (Å²) in [5, 5.41) is 10.00. The Balaban J connectivity index is 1.08. The monoisotopic (exact) mass is 454 g/mol. The van der Waals surface area contributed by atoms with Crippen molar-refractivity contribution in [2.45, 2.75) is 88.6 Å². The number of halogens is 2. The number of carbonyl (C=O) groups is 2. The van der Waals surface area contributed by atoms with Gasteiger partial charge in [-0.2, -0.15) is 0 Å². The Bertz CT molecular complexity index is 619. The highest BCUT2D eigenvalue weighted by molar-refractivity contribution is 5.82. The summed E-state index contributed by atoms with van der Waals surface area (Å²) in [6, 6.07) is 0.429. The Morgan fingerprint density at radius 1 is 1.00 bits per heavy atom. The summed E-state index contributed by atoms with van der Waals surface area (Å²) in [5.41, 5.74) is 0. The molecule has 4 rings (SSSR count). The summed E-state index contributed by atoms with van der Waals surface area (Å²) >= 11 is 0. The summed E-state index contributed by atoms with van der Waals surface area (Å²) in [5.74, 6) is -0.149. The highest BCUT2D eigenvalue weighted by Crippen LogP contribution is 2.33. The third-order valence-corrected chi connectivity index (χ3v) is 8.17. The SMILES string of the molecule is O=C(NCCCCC1CCN(C(=O)C2C(F)CCCC2F)CC1)C1CC2CNCCC2N1. The van der Waals surface area contributed by atoms with E-state index in [1.807, 2.05) is 0 Å². The largest absolute Gasteiger partial charge is 0.355 e. The lowest BCUT2D eigenvalue weighted by molar-refractivity contribution is -0.143. The molecule has 0 spiro atoms. The van der Waals surface area contributed by atoms with Crippen LogP contribution in [0.2, 0.25) is 0 Å². The lowest BCUT2D eigenvalue weighted by atomic mass is 9.83. The first-order valence-corrected chi connectivity index (χ1v) is 12.8. The molecule has 4 fully saturated rings. The zero-order chi connectivity index (χ0) is 22.5. The van der Waals surface area contributed by atoms with Gasteiger partial charge in [0.1, 0.15) is 18.3 Å². The molecular formula is C24H40F2N4O2. The van der Waals surface area contributed by atoms with Crippen molar-refractivity contribution in [1.82, 2.24) is 20.9 Å². The fourth-order valence-electron chi connectivity index (χ4n) is 6.15. The predicted molar refractivity (Wildman–Crippen MR) is 120 cm³/mol. The molecule has 3 saturated heterocycles. The van der Waals surface area contributed by atoms with Crippen LogP contribution in [0.3, 0.4) is 0 Å². The van der Waals surface area contributed by atoms with Crippen LogP contribution >= 0.6 is 0 Å². The number of likely N-dealkylation sites (tertiary alicyclic amines) is 1. The van der Waals surface area contributed by atoms with Crippen molar-refractivity contribution < 1.29 is 18.4 Å². The number of hydrogen-bond acceptors (Lipinski definition) is 4. The first kappa shape index (κ1) is 23.9. The Morgan fingerprint density at radius 2 is 1.75 bits per heavy atom. The van der Waals surface area contributed by atoms with Crippen molar-refractivity contribution in [2.24, 2.45) is 17.8 Å². The highest BCUT2D eigenvalue weighted by Gasteiger charge is 2.42. The van der Waals surface area contributed by atoms with Crippen LogP contribution in [0.25, 0.3) is 0 Å². The molecule has 182 valence electrons. The third-order valence-electron chi connectivity index (χ3n) is 8.17. The Hall–Kier alpha value is -1.28. The minimum atomic E-state index is -1.33. The maximum absolute atomic E-state index is 14.1. The maximum Gasteiger partial charge on any atom is 0.237 e. The molecule has 32 heavy (non-hydrogen) atoms. The van der Waals surface area contributed by atoms with Crippen molar-refractivity contribution in [3.63, 3.8) is 0 Å². The molecule has 6 nitrogen and oxygen atoms in total. The standard InChI is InChI=1S/C24H40F2N4O2/c25-18-5-3-6-19(26)22(18)24(32)30-12-8-16(9-13-30)4-1-2-10-28-23(31)21-14-17-15-27-11-7-20(17)29-21/h16-22,27,29H,1-15H2,(H,28,31). The first-order chi connectivity index (χ1) is 15.5. The number of nitrogens with zero attached hydrogens (tertiary/aromatic N) is 1. The highest BCUT2D eigenvalue weighted by atomic mass is 19.1. The number of amides is 2. The second kappa shape index (κ2) is 11.2. The number of rotatable bonds is 7. The molecule has 1 saturated carbocycles. The van der Waals surface area contributed by atoms with E-state index in [4.69, 9.17) is 0 Å². The quantitative estimate of drug-likeness (QED) is 0.517. The topological polar surface area (TPSA) is 73.5 Å². The molecular weight excluding hydrogens is 414 g/mol. The molecule has 3 heterocycles. The van der Waals surface area contributed by atoms with Gasteiger partial charge in [0.15, 0.2) is 0 Å². The maximum atomic E-state index is 14.1. The zero-order valence-electron chi connectivity index (χ0n) is 19.2. The minimum Gasteiger partial charge on any atom is -0.355 e. The predicted octanol–water partition coefficient (Wildman–Crippen LogP) is 2.33. The summed E-state index contributed by atoms with van der Waals surface area (Å²) in [4.78, 5) is 26.8. The molecule has 8 heteroatoms. The van der Waals surface area contributed by atoms with Crippen LogP contribution in [0.1, 0.15) is 64.2 Å². The smallest absolute Gasteiger partial charge is 0.237 e. The van der Waals surface area contributed by atoms with Crippen molar-refractivity contribution >= 4 is 11.8 Å². The van der Waals surface area contributed by atoms with Gasteiger partial charge in [-0.1, -0.05) is 12.8 Å². The first-order valence-electron chi connectivity index (χ1n) is 12.8. The number of hydrogen-bond donors (Lipinski definition) is 3. The molecule has 0 aromatic rings. The molecule has 4 aliphatic rings. The summed E-state index contributed by atoms with van der Waals surface area (Å²) < 4.78 is 28.3. The molecule has 0 bridgehead atoms. The van der Waals surface area contributed by atoms with Gasteiger partial charge in [-0.15, -0.1) is 0 Å². The molecule has 5 atom stereocenters. The fraction of sp³-hybridized carbons (Fsp3) is 0.917. The number of fused-ring (bicyclic) bond motifs is 1. The van der Waals surface area contributed by atoms with E-state index >= 15 is 0 Å². The molecule has 3 aliphatic heterocycles. The van der Waals surface area contributed by atoms with Crippen molar-refractivity contribution in [3.8, 4) is 0 Å². The molecule has 5 unspecified atom stereocenters. The summed E-state index contributed by atoms with van der Waals surface area (Å²) in [6.07, 6.45) is 5.39. The van der Waals surface area contributed by atoms with Gasteiger partial charge in [-0.3, -0.25) is 9.59 Å². The normalized spacial score (nSPS) is 36.0. The third kappa shape index (κ3) is 5.79. The molecule has 0 radical (unpaired) electrons. The van der Waals surface area contributed by atoms with Crippen LogP contribution in [0.4, 0.5) is 8.78 Å². The van der Waals surface area contributed by atoms with E-state index < -0.39 is 18.3 Å². The van der Waals surface area contributed by atoms with Crippen molar-refractivity contribution in [3.05, 3.63) is 0 Å². The van der Waals surface area contributed by atoms with Crippen LogP contribution in [-0.4, -0.2) is 73.9 Å². The van der Waals surface area contributed by atoms with Gasteiger partial charge in [-0.25, -0.2) is 8.78 Å². The van der Waals surface area contributed by atoms with Crippen LogP contribution < -0.4 is 16.0 Å². The van der Waals surface area contributed by atoms with Gasteiger partial charge in [0.2, 0.25) is 11.8 Å². The second-order valence-electron chi connectivity index (χ2n) is 10.4. The van der Waals surface area contributed by atoms with Crippen molar-refractivity contribution in [1.29, 1.82) is 0 Å². The molecule has 2 amide bonds. The Labute approximate surface area is 190 Å². The second-order valence-corrected chi connectivity index (χ2v) is 10.4. The molecule has 1 aliphatic carbocycles. The van der Waals surface area contributed by atoms with Crippen LogP contribution in [-0.2, 0) is 9.59 Å². The van der Waals surface area contributed by atoms with Gasteiger partial charge in [0, 0.05) is 25.7 Å². The number of unbranched alkanes of at least 4 members (excludes halogenated alkanes) is 1. The molecule has 0 aromatic carbocycles. The lowest BCUT2D eigenvalue weighted by Gasteiger charge is -2.37. The van der Waals surface area contributed by atoms with E-state index in [1.165, 1.54) is 0 Å². The van der Waals surface area contributed by atoms with E-state index in [2.05, 4.69) is 16.0 Å². The van der Waals surface area contributed by atoms with E-state index in [0.29, 0.717) is 56.8 Å². The number of alkyl halides is 2. The van der Waals surface area contributed by atoms with E-state index in [0.717, 1.165) is 58.0 Å². The summed E-state index contributed by atoms with van der Waals surface area (Å²) in [6.45, 7) is 3.97. The molecule has 0 aromatic heterocycles.